The van der Waals surface area contributed by atoms with Crippen LogP contribution in [0.3, 0.4) is 0 Å². The number of nitrogens with zero attached hydrogens (tertiary/aromatic N) is 4. The number of para-hydroxylation sites is 4. The van der Waals surface area contributed by atoms with E-state index in [1.54, 1.807) is 0 Å². The number of hydrogen-bond donors (Lipinski definition) is 0. The Hall–Kier alpha value is -6.91. The van der Waals surface area contributed by atoms with E-state index in [2.05, 4.69) is 202 Å². The molecular weight excluding hydrogens is 654 g/mol. The summed E-state index contributed by atoms with van der Waals surface area (Å²) in [7, 11) is 0. The van der Waals surface area contributed by atoms with Crippen molar-refractivity contribution < 1.29 is 0 Å². The topological polar surface area (TPSA) is 13.0 Å². The summed E-state index contributed by atoms with van der Waals surface area (Å²) in [5.74, 6) is 0. The molecule has 0 saturated heterocycles. The van der Waals surface area contributed by atoms with Crippen LogP contribution in [0, 0.1) is 0 Å². The van der Waals surface area contributed by atoms with Crippen molar-refractivity contribution >= 4 is 114 Å². The lowest BCUT2D eigenvalue weighted by molar-refractivity contribution is 1.23. The predicted molar refractivity (Wildman–Crippen MR) is 228 cm³/mol. The fourth-order valence-electron chi connectivity index (χ4n) is 10.5. The average Bonchev–Trinajstić information content (AvgIpc) is 3.24. The van der Waals surface area contributed by atoms with Crippen molar-refractivity contribution in [3.8, 4) is 0 Å². The highest BCUT2D eigenvalue weighted by molar-refractivity contribution is 7.16. The molecule has 0 aliphatic carbocycles. The van der Waals surface area contributed by atoms with E-state index in [0.29, 0.717) is 0 Å². The van der Waals surface area contributed by atoms with Gasteiger partial charge in [-0.05, 0) is 130 Å². The second-order valence-electron chi connectivity index (χ2n) is 14.8. The van der Waals surface area contributed by atoms with E-state index in [4.69, 9.17) is 0 Å². The highest BCUT2D eigenvalue weighted by Crippen LogP contribution is 2.49. The molecule has 248 valence electrons. The zero-order chi connectivity index (χ0) is 35.1. The van der Waals surface area contributed by atoms with Gasteiger partial charge in [0, 0.05) is 68.2 Å². The lowest BCUT2D eigenvalue weighted by Crippen LogP contribution is -2.81. The maximum absolute atomic E-state index is 2.53. The van der Waals surface area contributed by atoms with Gasteiger partial charge in [-0.25, -0.2) is 0 Å². The van der Waals surface area contributed by atoms with Crippen LogP contribution in [0.25, 0.3) is 0 Å². The van der Waals surface area contributed by atoms with Crippen molar-refractivity contribution in [2.75, 3.05) is 19.6 Å². The quantitative estimate of drug-likeness (QED) is 0.174. The normalized spacial score (nSPS) is 14.4. The number of benzene rings is 8. The summed E-state index contributed by atoms with van der Waals surface area (Å²) >= 11 is 0. The molecule has 0 N–H and O–H groups in total. The third kappa shape index (κ3) is 3.46. The van der Waals surface area contributed by atoms with Crippen LogP contribution in [-0.2, 0) is 0 Å². The van der Waals surface area contributed by atoms with Crippen LogP contribution in [-0.4, -0.2) is 13.4 Å². The Balaban J connectivity index is 1.23. The summed E-state index contributed by atoms with van der Waals surface area (Å²) in [6, 6.07) is 67.3. The maximum Gasteiger partial charge on any atom is 0.251 e. The van der Waals surface area contributed by atoms with Crippen LogP contribution in [0.2, 0.25) is 0 Å². The largest absolute Gasteiger partial charge is 0.311 e. The highest BCUT2D eigenvalue weighted by atomic mass is 15.2. The Morgan fingerprint density at radius 3 is 0.667 bits per heavy atom. The SMILES string of the molecule is c1ccc(N2c3cccc4c3B3c5c2ccc2c5B5c6c(cccc6N(c6ccccc6)c6ccc(c3c65)N4c3ccccc3)N2c2ccccc2)cc1. The smallest absolute Gasteiger partial charge is 0.251 e. The molecule has 0 saturated carbocycles. The van der Waals surface area contributed by atoms with Crippen molar-refractivity contribution in [1.82, 2.24) is 0 Å². The first kappa shape index (κ1) is 28.6. The van der Waals surface area contributed by atoms with Gasteiger partial charge in [-0.2, -0.15) is 0 Å². The fraction of sp³-hybridized carbons (Fsp3) is 0. The Morgan fingerprint density at radius 2 is 0.426 bits per heavy atom. The van der Waals surface area contributed by atoms with Gasteiger partial charge in [-0.15, -0.1) is 0 Å². The molecule has 4 nitrogen and oxygen atoms in total. The molecule has 0 fully saturated rings. The van der Waals surface area contributed by atoms with Gasteiger partial charge in [-0.3, -0.25) is 0 Å². The van der Waals surface area contributed by atoms with Gasteiger partial charge in [0.25, 0.3) is 13.4 Å². The molecular formula is C48H30B2N4. The first-order chi connectivity index (χ1) is 26.9. The van der Waals surface area contributed by atoms with Crippen LogP contribution in [0.5, 0.6) is 0 Å². The Bertz CT molecular complexity index is 2480. The van der Waals surface area contributed by atoms with Gasteiger partial charge in [0.15, 0.2) is 0 Å². The Kier molecular flexibility index (Phi) is 5.50. The van der Waals surface area contributed by atoms with Gasteiger partial charge in [0.2, 0.25) is 0 Å². The summed E-state index contributed by atoms with van der Waals surface area (Å²) < 4.78 is 0. The minimum atomic E-state index is 0.0596. The molecule has 5 aliphatic heterocycles. The lowest BCUT2D eigenvalue weighted by Gasteiger charge is -2.53. The maximum atomic E-state index is 2.53. The van der Waals surface area contributed by atoms with Gasteiger partial charge >= 0.3 is 0 Å². The van der Waals surface area contributed by atoms with Crippen LogP contribution >= 0.6 is 0 Å². The molecule has 5 aliphatic rings. The van der Waals surface area contributed by atoms with Gasteiger partial charge in [0.1, 0.15) is 0 Å². The first-order valence-corrected chi connectivity index (χ1v) is 18.9. The Morgan fingerprint density at radius 1 is 0.204 bits per heavy atom. The van der Waals surface area contributed by atoms with Gasteiger partial charge in [-0.1, -0.05) is 84.9 Å². The third-order valence-electron chi connectivity index (χ3n) is 12.3. The minimum Gasteiger partial charge on any atom is -0.311 e. The average molecular weight is 684 g/mol. The molecule has 0 amide bonds. The Labute approximate surface area is 314 Å². The second-order valence-corrected chi connectivity index (χ2v) is 14.8. The summed E-state index contributed by atoms with van der Waals surface area (Å²) in [5.41, 5.74) is 23.2. The van der Waals surface area contributed by atoms with E-state index in [1.165, 1.54) is 101 Å². The number of rotatable bonds is 4. The molecule has 0 radical (unpaired) electrons. The molecule has 0 atom stereocenters. The molecule has 13 rings (SSSR count). The lowest BCUT2D eigenvalue weighted by atomic mass is 9.18. The van der Waals surface area contributed by atoms with Gasteiger partial charge in [0.05, 0.1) is 0 Å². The van der Waals surface area contributed by atoms with E-state index in [0.717, 1.165) is 0 Å². The first-order valence-electron chi connectivity index (χ1n) is 18.9. The number of hydrogen-bond acceptors (Lipinski definition) is 4. The zero-order valence-corrected chi connectivity index (χ0v) is 29.3. The third-order valence-corrected chi connectivity index (χ3v) is 12.3. The van der Waals surface area contributed by atoms with E-state index in [9.17, 15) is 0 Å². The van der Waals surface area contributed by atoms with Crippen LogP contribution in [0.15, 0.2) is 182 Å². The van der Waals surface area contributed by atoms with Crippen LogP contribution in [0.1, 0.15) is 0 Å². The molecule has 0 spiro atoms. The molecule has 5 heterocycles. The minimum absolute atomic E-state index is 0.0596. The zero-order valence-electron chi connectivity index (χ0n) is 29.3. The predicted octanol–water partition coefficient (Wildman–Crippen LogP) is 8.17. The second kappa shape index (κ2) is 10.4. The van der Waals surface area contributed by atoms with Crippen molar-refractivity contribution in [3.63, 3.8) is 0 Å². The fourth-order valence-corrected chi connectivity index (χ4v) is 10.5. The molecule has 54 heavy (non-hydrogen) atoms. The summed E-state index contributed by atoms with van der Waals surface area (Å²) in [6.45, 7) is 0.119. The highest BCUT2D eigenvalue weighted by Gasteiger charge is 2.56. The molecule has 6 heteroatoms. The van der Waals surface area contributed by atoms with Crippen LogP contribution in [0.4, 0.5) is 68.2 Å². The van der Waals surface area contributed by atoms with Crippen molar-refractivity contribution in [2.45, 2.75) is 0 Å². The van der Waals surface area contributed by atoms with E-state index >= 15 is 0 Å². The van der Waals surface area contributed by atoms with Crippen molar-refractivity contribution in [1.29, 1.82) is 0 Å². The summed E-state index contributed by atoms with van der Waals surface area (Å²) in [6.07, 6.45) is 0. The van der Waals surface area contributed by atoms with Crippen molar-refractivity contribution in [3.05, 3.63) is 182 Å². The molecule has 8 aromatic rings. The molecule has 0 unspecified atom stereocenters. The van der Waals surface area contributed by atoms with Crippen molar-refractivity contribution in [2.24, 2.45) is 0 Å². The standard InChI is InChI=1S/C48H30B2N4/c1-5-15-31(16-6-1)51-35-23-13-24-36-43(35)49-45-39(51)27-28-40-46(45)50-44-37(53(40)33-19-9-3-10-20-33)25-14-26-38(44)54(34-21-11-4-12-22-34)42-30-29-41(47(49)48(42)50)52(36)32-17-7-2-8-18-32/h1-30H. The molecule has 0 aromatic heterocycles. The molecule has 0 bridgehead atoms. The monoisotopic (exact) mass is 684 g/mol. The van der Waals surface area contributed by atoms with E-state index in [1.807, 2.05) is 0 Å². The summed E-state index contributed by atoms with van der Waals surface area (Å²) in [5, 5.41) is 0. The molecule has 8 aromatic carbocycles. The van der Waals surface area contributed by atoms with Crippen LogP contribution < -0.4 is 52.4 Å². The van der Waals surface area contributed by atoms with E-state index in [-0.39, 0.29) is 13.4 Å². The van der Waals surface area contributed by atoms with Gasteiger partial charge < -0.3 is 19.6 Å². The summed E-state index contributed by atoms with van der Waals surface area (Å²) in [4.78, 5) is 10.1. The number of anilines is 12. The van der Waals surface area contributed by atoms with E-state index < -0.39 is 0 Å².